The number of hydrogen-bond acceptors (Lipinski definition) is 6. The Morgan fingerprint density at radius 3 is 2.53 bits per heavy atom. The molecule has 1 aromatic rings. The first kappa shape index (κ1) is 15.9. The summed E-state index contributed by atoms with van der Waals surface area (Å²) in [7, 11) is 2.94. The fourth-order valence-electron chi connectivity index (χ4n) is 3.74. The molecule has 1 aromatic carbocycles. The fourth-order valence-corrected chi connectivity index (χ4v) is 3.74. The number of ether oxygens (including phenoxy) is 3. The van der Waals surface area contributed by atoms with Gasteiger partial charge in [-0.1, -0.05) is 27.7 Å². The van der Waals surface area contributed by atoms with Crippen molar-refractivity contribution in [3.8, 4) is 11.5 Å². The van der Waals surface area contributed by atoms with Crippen LogP contribution >= 0.6 is 0 Å². The maximum atomic E-state index is 13.0. The number of methoxy groups -OCH3 is 2. The largest absolute Gasteiger partial charge is 0.493 e. The Kier molecular flexibility index (Phi) is 5.08. The molecule has 168 valence electrons. The Hall–Kier alpha value is -1.79. The standard InChI is InChI=1S/C24H38N2O4/c1-14(2)9-17-13-26-8-7-16-10-21(28-5)22(29-6)11-18(16)19(26)12-20(17)30-24(27)23(25)15(3)4/h10-11,14-15,17,19-20,23H,7-9,12-13,25H2,1-6H3/t17?,19?,20?,23-/m0/s1/i12D2,13D2,17D,20D. The van der Waals surface area contributed by atoms with Crippen molar-refractivity contribution in [2.45, 2.75) is 65.1 Å². The number of piperidine rings is 1. The molecule has 2 aliphatic rings. The van der Waals surface area contributed by atoms with Gasteiger partial charge in [0, 0.05) is 38.2 Å². The molecule has 3 rings (SSSR count). The average molecular weight is 425 g/mol. The summed E-state index contributed by atoms with van der Waals surface area (Å²) >= 11 is 0. The summed E-state index contributed by atoms with van der Waals surface area (Å²) in [6, 6.07) is 0.820. The number of fused-ring (bicyclic) bond motifs is 3. The Morgan fingerprint density at radius 2 is 1.93 bits per heavy atom. The summed E-state index contributed by atoms with van der Waals surface area (Å²) in [6.45, 7) is 4.49. The Balaban J connectivity index is 2.29. The fraction of sp³-hybridized carbons (Fsp3) is 0.708. The molecule has 0 bridgehead atoms. The van der Waals surface area contributed by atoms with E-state index in [2.05, 4.69) is 0 Å². The highest BCUT2D eigenvalue weighted by Gasteiger charge is 2.41. The van der Waals surface area contributed by atoms with E-state index in [1.165, 1.54) is 19.1 Å². The van der Waals surface area contributed by atoms with Gasteiger partial charge < -0.3 is 19.9 Å². The summed E-state index contributed by atoms with van der Waals surface area (Å²) in [4.78, 5) is 14.3. The molecule has 2 N–H and O–H groups in total. The third kappa shape index (κ3) is 4.75. The normalized spacial score (nSPS) is 36.1. The first-order chi connectivity index (χ1) is 16.5. The molecule has 2 heterocycles. The summed E-state index contributed by atoms with van der Waals surface area (Å²) < 4.78 is 71.8. The maximum absolute atomic E-state index is 13.0. The van der Waals surface area contributed by atoms with Gasteiger partial charge in [-0.25, -0.2) is 0 Å². The molecular weight excluding hydrogens is 380 g/mol. The zero-order valence-electron chi connectivity index (χ0n) is 24.7. The van der Waals surface area contributed by atoms with Crippen molar-refractivity contribution in [1.29, 1.82) is 0 Å². The van der Waals surface area contributed by atoms with Crippen LogP contribution < -0.4 is 15.2 Å². The van der Waals surface area contributed by atoms with E-state index in [9.17, 15) is 10.3 Å². The summed E-state index contributed by atoms with van der Waals surface area (Å²) in [6.07, 6.45) is -5.45. The summed E-state index contributed by atoms with van der Waals surface area (Å²) in [5, 5.41) is 0. The van der Waals surface area contributed by atoms with Crippen LogP contribution in [0.3, 0.4) is 0 Å². The van der Waals surface area contributed by atoms with Gasteiger partial charge in [-0.05, 0) is 47.9 Å². The third-order valence-electron chi connectivity index (χ3n) is 5.50. The lowest BCUT2D eigenvalue weighted by molar-refractivity contribution is -0.160. The van der Waals surface area contributed by atoms with E-state index < -0.39 is 42.9 Å². The maximum Gasteiger partial charge on any atom is 0.323 e. The van der Waals surface area contributed by atoms with E-state index in [-0.39, 0.29) is 24.8 Å². The van der Waals surface area contributed by atoms with Crippen molar-refractivity contribution in [3.05, 3.63) is 23.3 Å². The zero-order chi connectivity index (χ0) is 27.4. The van der Waals surface area contributed by atoms with Crippen molar-refractivity contribution in [1.82, 2.24) is 4.90 Å². The molecule has 0 radical (unpaired) electrons. The number of esters is 1. The lowest BCUT2D eigenvalue weighted by Gasteiger charge is -2.47. The van der Waals surface area contributed by atoms with Crippen LogP contribution in [0.1, 0.15) is 65.9 Å². The Bertz CT molecular complexity index is 1010. The SMILES string of the molecule is [2H]C1([2H])C2c3cc(OC)c(OC)cc3CCN2C([2H])([2H])C([2H])(CC(C)C)C1([2H])OC(=O)[C@@H](N)C(C)C. The van der Waals surface area contributed by atoms with Crippen LogP contribution in [0.15, 0.2) is 12.1 Å². The predicted octanol–water partition coefficient (Wildman–Crippen LogP) is 3.56. The first-order valence-electron chi connectivity index (χ1n) is 13.5. The van der Waals surface area contributed by atoms with Crippen molar-refractivity contribution < 1.29 is 27.2 Å². The molecule has 0 spiro atoms. The molecule has 4 atom stereocenters. The van der Waals surface area contributed by atoms with Gasteiger partial charge in [-0.15, -0.1) is 0 Å². The van der Waals surface area contributed by atoms with Crippen molar-refractivity contribution >= 4 is 5.97 Å². The molecule has 1 fully saturated rings. The van der Waals surface area contributed by atoms with E-state index in [1.54, 1.807) is 39.8 Å². The number of benzene rings is 1. The number of carbonyl (C=O) groups excluding carboxylic acids is 1. The van der Waals surface area contributed by atoms with Crippen LogP contribution in [0.4, 0.5) is 0 Å². The number of hydrogen-bond donors (Lipinski definition) is 1. The Labute approximate surface area is 189 Å². The second kappa shape index (κ2) is 9.56. The lowest BCUT2D eigenvalue weighted by atomic mass is 9.79. The van der Waals surface area contributed by atoms with Crippen LogP contribution in [0.5, 0.6) is 11.5 Å². The second-order valence-corrected chi connectivity index (χ2v) is 8.60. The molecule has 6 heteroatoms. The molecule has 2 aliphatic heterocycles. The predicted molar refractivity (Wildman–Crippen MR) is 118 cm³/mol. The van der Waals surface area contributed by atoms with E-state index >= 15 is 0 Å². The van der Waals surface area contributed by atoms with Crippen LogP contribution in [-0.2, 0) is 16.0 Å². The number of carbonyl (C=O) groups is 1. The quantitative estimate of drug-likeness (QED) is 0.675. The molecule has 1 saturated heterocycles. The third-order valence-corrected chi connectivity index (χ3v) is 5.50. The van der Waals surface area contributed by atoms with Gasteiger partial charge >= 0.3 is 5.97 Å². The van der Waals surface area contributed by atoms with Crippen LogP contribution in [0.25, 0.3) is 0 Å². The molecule has 0 saturated carbocycles. The van der Waals surface area contributed by atoms with Gasteiger partial charge in [0.1, 0.15) is 12.1 Å². The van der Waals surface area contributed by atoms with Crippen molar-refractivity contribution in [2.75, 3.05) is 27.3 Å². The minimum atomic E-state index is -2.92. The molecular formula is C24H38N2O4. The van der Waals surface area contributed by atoms with Gasteiger partial charge in [0.25, 0.3) is 0 Å². The lowest BCUT2D eigenvalue weighted by Crippen LogP contribution is -2.51. The molecule has 0 aliphatic carbocycles. The van der Waals surface area contributed by atoms with Gasteiger partial charge in [0.15, 0.2) is 11.5 Å². The van der Waals surface area contributed by atoms with Gasteiger partial charge in [0.2, 0.25) is 0 Å². The van der Waals surface area contributed by atoms with E-state index in [0.717, 1.165) is 0 Å². The highest BCUT2D eigenvalue weighted by molar-refractivity contribution is 5.76. The molecule has 0 amide bonds. The minimum Gasteiger partial charge on any atom is -0.493 e. The van der Waals surface area contributed by atoms with Crippen molar-refractivity contribution in [2.24, 2.45) is 23.5 Å². The summed E-state index contributed by atoms with van der Waals surface area (Å²) in [5.41, 5.74) is 7.10. The minimum absolute atomic E-state index is 0.105. The van der Waals surface area contributed by atoms with Crippen LogP contribution in [0.2, 0.25) is 0 Å². The zero-order valence-corrected chi connectivity index (χ0v) is 18.7. The van der Waals surface area contributed by atoms with Gasteiger partial charge in [0.05, 0.1) is 15.6 Å². The van der Waals surface area contributed by atoms with Gasteiger partial charge in [-0.3, -0.25) is 9.69 Å². The van der Waals surface area contributed by atoms with Crippen LogP contribution in [0, 0.1) is 17.7 Å². The first-order valence-corrected chi connectivity index (χ1v) is 10.5. The number of nitrogens with two attached hydrogens (primary N) is 1. The number of rotatable bonds is 7. The average Bonchev–Trinajstić information content (AvgIpc) is 2.79. The second-order valence-electron chi connectivity index (χ2n) is 8.60. The smallest absolute Gasteiger partial charge is 0.323 e. The number of nitrogens with zero attached hydrogens (tertiary/aromatic N) is 1. The Morgan fingerprint density at radius 1 is 1.27 bits per heavy atom. The highest BCUT2D eigenvalue weighted by atomic mass is 16.5. The topological polar surface area (TPSA) is 74.0 Å². The van der Waals surface area contributed by atoms with E-state index in [4.69, 9.17) is 22.7 Å². The van der Waals surface area contributed by atoms with E-state index in [0.29, 0.717) is 29.0 Å². The highest BCUT2D eigenvalue weighted by Crippen LogP contribution is 2.44. The summed E-state index contributed by atoms with van der Waals surface area (Å²) in [5.74, 6) is -3.36. The van der Waals surface area contributed by atoms with Crippen LogP contribution in [-0.4, -0.2) is 50.3 Å². The molecule has 0 aromatic heterocycles. The monoisotopic (exact) mass is 424 g/mol. The molecule has 30 heavy (non-hydrogen) atoms. The van der Waals surface area contributed by atoms with Crippen molar-refractivity contribution in [3.63, 3.8) is 0 Å². The molecule has 3 unspecified atom stereocenters. The van der Waals surface area contributed by atoms with E-state index in [1.807, 2.05) is 0 Å². The van der Waals surface area contributed by atoms with Gasteiger partial charge in [-0.2, -0.15) is 0 Å². The molecule has 6 nitrogen and oxygen atoms in total.